The predicted octanol–water partition coefficient (Wildman–Crippen LogP) is 3.91. The molecule has 0 radical (unpaired) electrons. The second kappa shape index (κ2) is 7.46. The van der Waals surface area contributed by atoms with Gasteiger partial charge in [-0.1, -0.05) is 24.3 Å². The van der Waals surface area contributed by atoms with E-state index in [9.17, 15) is 4.57 Å². The second-order valence-electron chi connectivity index (χ2n) is 4.43. The molecule has 2 aromatic rings. The highest BCUT2D eigenvalue weighted by Gasteiger charge is 2.23. The third-order valence-electron chi connectivity index (χ3n) is 2.88. The van der Waals surface area contributed by atoms with E-state index in [4.69, 9.17) is 9.05 Å². The van der Waals surface area contributed by atoms with E-state index in [1.165, 1.54) is 6.33 Å². The molecule has 0 unspecified atom stereocenters. The molecule has 1 aromatic carbocycles. The fraction of sp³-hybridized carbons (Fsp3) is 0.333. The molecule has 6 heteroatoms. The number of hydrogen-bond donors (Lipinski definition) is 0. The van der Waals surface area contributed by atoms with Crippen molar-refractivity contribution in [2.75, 3.05) is 13.2 Å². The number of benzene rings is 1. The van der Waals surface area contributed by atoms with Crippen LogP contribution >= 0.6 is 7.60 Å². The fourth-order valence-electron chi connectivity index (χ4n) is 2.00. The SMILES string of the molecule is CCOP(=O)(Cc1ccc(-c2cncnc2)cc1)OCC. The first-order chi connectivity index (χ1) is 10.2. The zero-order valence-electron chi connectivity index (χ0n) is 12.2. The van der Waals surface area contributed by atoms with Crippen LogP contribution in [-0.4, -0.2) is 23.2 Å². The Kier molecular flexibility index (Phi) is 5.62. The third-order valence-corrected chi connectivity index (χ3v) is 4.93. The van der Waals surface area contributed by atoms with Gasteiger partial charge in [-0.05, 0) is 25.0 Å². The summed E-state index contributed by atoms with van der Waals surface area (Å²) in [5.74, 6) is 0. The zero-order valence-corrected chi connectivity index (χ0v) is 13.1. The van der Waals surface area contributed by atoms with Gasteiger partial charge in [-0.3, -0.25) is 4.57 Å². The summed E-state index contributed by atoms with van der Waals surface area (Å²) in [7, 11) is -3.05. The van der Waals surface area contributed by atoms with Crippen LogP contribution < -0.4 is 0 Å². The summed E-state index contributed by atoms with van der Waals surface area (Å²) in [6.07, 6.45) is 5.29. The van der Waals surface area contributed by atoms with Crippen LogP contribution in [-0.2, 0) is 19.8 Å². The minimum atomic E-state index is -3.05. The summed E-state index contributed by atoms with van der Waals surface area (Å²) in [5.41, 5.74) is 2.88. The lowest BCUT2D eigenvalue weighted by Gasteiger charge is -2.17. The maximum absolute atomic E-state index is 12.5. The van der Waals surface area contributed by atoms with E-state index < -0.39 is 7.60 Å². The molecule has 0 saturated heterocycles. The van der Waals surface area contributed by atoms with Gasteiger partial charge >= 0.3 is 7.60 Å². The summed E-state index contributed by atoms with van der Waals surface area (Å²) in [5, 5.41) is 0. The molecule has 0 fully saturated rings. The highest BCUT2D eigenvalue weighted by molar-refractivity contribution is 7.53. The summed E-state index contributed by atoms with van der Waals surface area (Å²) >= 11 is 0. The maximum Gasteiger partial charge on any atom is 0.335 e. The van der Waals surface area contributed by atoms with Crippen molar-refractivity contribution in [3.8, 4) is 11.1 Å². The van der Waals surface area contributed by atoms with Crippen molar-refractivity contribution in [2.24, 2.45) is 0 Å². The van der Waals surface area contributed by atoms with Gasteiger partial charge in [0, 0.05) is 18.0 Å². The molecule has 1 heterocycles. The summed E-state index contributed by atoms with van der Waals surface area (Å²) in [4.78, 5) is 7.99. The molecule has 5 nitrogen and oxygen atoms in total. The topological polar surface area (TPSA) is 61.3 Å². The average Bonchev–Trinajstić information content (AvgIpc) is 2.49. The van der Waals surface area contributed by atoms with E-state index in [2.05, 4.69) is 9.97 Å². The zero-order chi connectivity index (χ0) is 15.1. The second-order valence-corrected chi connectivity index (χ2v) is 6.48. The van der Waals surface area contributed by atoms with E-state index in [0.29, 0.717) is 13.2 Å². The van der Waals surface area contributed by atoms with Gasteiger partial charge in [0.25, 0.3) is 0 Å². The number of rotatable bonds is 7. The van der Waals surface area contributed by atoms with Gasteiger partial charge < -0.3 is 9.05 Å². The van der Waals surface area contributed by atoms with E-state index in [-0.39, 0.29) is 6.16 Å². The smallest absolute Gasteiger partial charge is 0.309 e. The molecule has 112 valence electrons. The largest absolute Gasteiger partial charge is 0.335 e. The first-order valence-electron chi connectivity index (χ1n) is 6.89. The van der Waals surface area contributed by atoms with Crippen molar-refractivity contribution in [1.82, 2.24) is 9.97 Å². The first-order valence-corrected chi connectivity index (χ1v) is 8.62. The van der Waals surface area contributed by atoms with Gasteiger partial charge in [-0.2, -0.15) is 0 Å². The van der Waals surface area contributed by atoms with Gasteiger partial charge in [0.05, 0.1) is 19.4 Å². The van der Waals surface area contributed by atoms with Crippen LogP contribution in [0.2, 0.25) is 0 Å². The molecule has 0 aliphatic heterocycles. The molecule has 21 heavy (non-hydrogen) atoms. The number of nitrogens with zero attached hydrogens (tertiary/aromatic N) is 2. The van der Waals surface area contributed by atoms with Crippen LogP contribution in [0.25, 0.3) is 11.1 Å². The van der Waals surface area contributed by atoms with Gasteiger partial charge in [-0.25, -0.2) is 9.97 Å². The molecule has 0 amide bonds. The quantitative estimate of drug-likeness (QED) is 0.726. The Morgan fingerprint density at radius 1 is 0.952 bits per heavy atom. The maximum atomic E-state index is 12.5. The van der Waals surface area contributed by atoms with Gasteiger partial charge in [-0.15, -0.1) is 0 Å². The molecule has 0 bridgehead atoms. The molecule has 2 rings (SSSR count). The van der Waals surface area contributed by atoms with Crippen LogP contribution in [0.3, 0.4) is 0 Å². The van der Waals surface area contributed by atoms with E-state index in [1.807, 2.05) is 38.1 Å². The lowest BCUT2D eigenvalue weighted by molar-refractivity contribution is 0.219. The minimum absolute atomic E-state index is 0.278. The van der Waals surface area contributed by atoms with Crippen LogP contribution in [0.15, 0.2) is 43.0 Å². The van der Waals surface area contributed by atoms with E-state index in [1.54, 1.807) is 12.4 Å². The highest BCUT2D eigenvalue weighted by atomic mass is 31.2. The molecule has 0 spiro atoms. The fourth-order valence-corrected chi connectivity index (χ4v) is 3.70. The number of hydrogen-bond acceptors (Lipinski definition) is 5. The van der Waals surface area contributed by atoms with E-state index >= 15 is 0 Å². The first kappa shape index (κ1) is 15.8. The van der Waals surface area contributed by atoms with Crippen LogP contribution in [0.4, 0.5) is 0 Å². The molecule has 0 saturated carbocycles. The molecular formula is C15H19N2O3P. The standard InChI is InChI=1S/C15H19N2O3P/c1-3-19-21(18,20-4-2)11-13-5-7-14(8-6-13)15-9-16-12-17-10-15/h5-10,12H,3-4,11H2,1-2H3. The Hall–Kier alpha value is -1.55. The van der Waals surface area contributed by atoms with Crippen molar-refractivity contribution in [3.63, 3.8) is 0 Å². The number of aromatic nitrogens is 2. The van der Waals surface area contributed by atoms with Gasteiger partial charge in [0.2, 0.25) is 0 Å². The summed E-state index contributed by atoms with van der Waals surface area (Å²) < 4.78 is 23.1. The van der Waals surface area contributed by atoms with Crippen LogP contribution in [0.1, 0.15) is 19.4 Å². The Bertz CT molecular complexity index is 592. The molecular weight excluding hydrogens is 287 g/mol. The highest BCUT2D eigenvalue weighted by Crippen LogP contribution is 2.51. The Balaban J connectivity index is 2.13. The van der Waals surface area contributed by atoms with Gasteiger partial charge in [0.1, 0.15) is 6.33 Å². The van der Waals surface area contributed by atoms with Crippen molar-refractivity contribution in [1.29, 1.82) is 0 Å². The van der Waals surface area contributed by atoms with Crippen molar-refractivity contribution in [3.05, 3.63) is 48.5 Å². The Labute approximate surface area is 124 Å². The van der Waals surface area contributed by atoms with Crippen molar-refractivity contribution >= 4 is 7.60 Å². The Morgan fingerprint density at radius 3 is 2.05 bits per heavy atom. The molecule has 0 aliphatic carbocycles. The minimum Gasteiger partial charge on any atom is -0.309 e. The van der Waals surface area contributed by atoms with Crippen LogP contribution in [0.5, 0.6) is 0 Å². The molecule has 0 atom stereocenters. The van der Waals surface area contributed by atoms with Crippen molar-refractivity contribution < 1.29 is 13.6 Å². The third kappa shape index (κ3) is 4.46. The lowest BCUT2D eigenvalue weighted by atomic mass is 10.1. The molecule has 0 aliphatic rings. The average molecular weight is 306 g/mol. The lowest BCUT2D eigenvalue weighted by Crippen LogP contribution is -1.99. The molecule has 1 aromatic heterocycles. The van der Waals surface area contributed by atoms with Crippen molar-refractivity contribution in [2.45, 2.75) is 20.0 Å². The Morgan fingerprint density at radius 2 is 1.52 bits per heavy atom. The summed E-state index contributed by atoms with van der Waals surface area (Å²) in [6, 6.07) is 7.76. The van der Waals surface area contributed by atoms with E-state index in [0.717, 1.165) is 16.7 Å². The monoisotopic (exact) mass is 306 g/mol. The predicted molar refractivity (Wildman–Crippen MR) is 82.0 cm³/mol. The van der Waals surface area contributed by atoms with Crippen LogP contribution in [0, 0.1) is 0 Å². The normalized spacial score (nSPS) is 11.5. The summed E-state index contributed by atoms with van der Waals surface area (Å²) in [6.45, 7) is 4.36. The molecule has 0 N–H and O–H groups in total. The van der Waals surface area contributed by atoms with Gasteiger partial charge in [0.15, 0.2) is 0 Å².